The second kappa shape index (κ2) is 10.3. The smallest absolute Gasteiger partial charge is 0.323 e. The first-order valence-electron chi connectivity index (χ1n) is 12.2. The molecule has 5 rings (SSSR count). The molecule has 0 saturated heterocycles. The van der Waals surface area contributed by atoms with Gasteiger partial charge in [-0.3, -0.25) is 4.79 Å². The van der Waals surface area contributed by atoms with Crippen molar-refractivity contribution in [3.05, 3.63) is 84.1 Å². The average Bonchev–Trinajstić information content (AvgIpc) is 3.28. The number of carboxylic acids is 1. The van der Waals surface area contributed by atoms with Crippen LogP contribution >= 0.6 is 0 Å². The molecule has 1 unspecified atom stereocenters. The van der Waals surface area contributed by atoms with E-state index in [2.05, 4.69) is 50.4 Å². The Morgan fingerprint density at radius 1 is 1.03 bits per heavy atom. The Balaban J connectivity index is 1.35. The van der Waals surface area contributed by atoms with Gasteiger partial charge in [-0.05, 0) is 61.7 Å². The van der Waals surface area contributed by atoms with E-state index in [0.29, 0.717) is 11.8 Å². The van der Waals surface area contributed by atoms with Crippen LogP contribution in [-0.4, -0.2) is 44.6 Å². The molecule has 0 saturated carbocycles. The second-order valence-corrected chi connectivity index (χ2v) is 9.33. The molecule has 0 aliphatic heterocycles. The van der Waals surface area contributed by atoms with Crippen molar-refractivity contribution in [1.82, 2.24) is 19.9 Å². The molecule has 1 atom stereocenters. The quantitative estimate of drug-likeness (QED) is 0.274. The maximum atomic E-state index is 10.9. The minimum absolute atomic E-state index is 0.0300. The molecule has 0 radical (unpaired) electrons. The number of nitrogens with one attached hydrogen (secondary N) is 1. The van der Waals surface area contributed by atoms with Gasteiger partial charge in [0.1, 0.15) is 23.8 Å². The van der Waals surface area contributed by atoms with Crippen LogP contribution in [0.4, 0.5) is 11.8 Å². The van der Waals surface area contributed by atoms with Crippen molar-refractivity contribution < 1.29 is 14.3 Å². The highest BCUT2D eigenvalue weighted by atomic mass is 16.4. The zero-order valence-electron chi connectivity index (χ0n) is 21.6. The number of rotatable bonds is 8. The van der Waals surface area contributed by atoms with Crippen LogP contribution in [0.2, 0.25) is 0 Å². The fourth-order valence-electron chi connectivity index (χ4n) is 4.34. The van der Waals surface area contributed by atoms with E-state index >= 15 is 0 Å². The summed E-state index contributed by atoms with van der Waals surface area (Å²) >= 11 is 0. The molecule has 2 N–H and O–H groups in total. The maximum Gasteiger partial charge on any atom is 0.323 e. The highest BCUT2D eigenvalue weighted by Crippen LogP contribution is 2.29. The van der Waals surface area contributed by atoms with Crippen LogP contribution in [0, 0.1) is 13.8 Å². The van der Waals surface area contributed by atoms with Gasteiger partial charge in [0, 0.05) is 48.1 Å². The number of aryl methyl sites for hydroxylation is 2. The molecular weight excluding hydrogens is 480 g/mol. The lowest BCUT2D eigenvalue weighted by Crippen LogP contribution is -2.26. The highest BCUT2D eigenvalue weighted by molar-refractivity contribution is 5.85. The maximum absolute atomic E-state index is 10.9. The lowest BCUT2D eigenvalue weighted by atomic mass is 10.0. The van der Waals surface area contributed by atoms with Gasteiger partial charge in [0.2, 0.25) is 5.95 Å². The number of furan rings is 1. The molecule has 192 valence electrons. The summed E-state index contributed by atoms with van der Waals surface area (Å²) in [6, 6.07) is 16.1. The third-order valence-electron chi connectivity index (χ3n) is 6.34. The summed E-state index contributed by atoms with van der Waals surface area (Å²) in [6.45, 7) is 5.83. The molecule has 3 heterocycles. The van der Waals surface area contributed by atoms with Crippen LogP contribution in [0.25, 0.3) is 33.4 Å². The Morgan fingerprint density at radius 3 is 2.58 bits per heavy atom. The van der Waals surface area contributed by atoms with Crippen molar-refractivity contribution in [1.29, 1.82) is 0 Å². The number of nitrogens with zero attached hydrogens (tertiary/aromatic N) is 5. The fraction of sp³-hybridized carbons (Fsp3) is 0.207. The lowest BCUT2D eigenvalue weighted by Gasteiger charge is -2.17. The summed E-state index contributed by atoms with van der Waals surface area (Å²) in [5.41, 5.74) is 6.67. The number of hydrogen-bond donors (Lipinski definition) is 2. The molecule has 2 aromatic carbocycles. The highest BCUT2D eigenvalue weighted by Gasteiger charge is 2.13. The number of aliphatic carboxylic acids is 1. The second-order valence-electron chi connectivity index (χ2n) is 9.33. The van der Waals surface area contributed by atoms with Crippen LogP contribution in [-0.2, 0) is 4.79 Å². The van der Waals surface area contributed by atoms with E-state index in [0.717, 1.165) is 50.3 Å². The van der Waals surface area contributed by atoms with Gasteiger partial charge in [0.15, 0.2) is 0 Å². The first-order chi connectivity index (χ1) is 18.3. The monoisotopic (exact) mass is 508 g/mol. The summed E-state index contributed by atoms with van der Waals surface area (Å²) in [5, 5.41) is 13.6. The Morgan fingerprint density at radius 2 is 1.82 bits per heavy atom. The molecule has 0 bridgehead atoms. The zero-order chi connectivity index (χ0) is 26.8. The van der Waals surface area contributed by atoms with Crippen LogP contribution in [0.1, 0.15) is 29.9 Å². The van der Waals surface area contributed by atoms with Crippen LogP contribution < -0.4 is 10.2 Å². The largest absolute Gasteiger partial charge is 0.480 e. The molecular formula is C29H28N6O3. The zero-order valence-corrected chi connectivity index (χ0v) is 21.6. The van der Waals surface area contributed by atoms with E-state index in [-0.39, 0.29) is 12.6 Å². The van der Waals surface area contributed by atoms with Crippen molar-refractivity contribution in [2.75, 3.05) is 23.8 Å². The molecule has 9 heteroatoms. The van der Waals surface area contributed by atoms with Gasteiger partial charge in [-0.25, -0.2) is 19.9 Å². The summed E-state index contributed by atoms with van der Waals surface area (Å²) < 4.78 is 5.58. The van der Waals surface area contributed by atoms with Gasteiger partial charge >= 0.3 is 5.97 Å². The third kappa shape index (κ3) is 5.31. The molecule has 0 aliphatic rings. The van der Waals surface area contributed by atoms with E-state index in [9.17, 15) is 4.79 Å². The molecule has 0 amide bonds. The Kier molecular flexibility index (Phi) is 6.74. The van der Waals surface area contributed by atoms with Gasteiger partial charge < -0.3 is 19.7 Å². The summed E-state index contributed by atoms with van der Waals surface area (Å²) in [5.74, 6) is 0.845. The number of benzene rings is 2. The number of hydrogen-bond acceptors (Lipinski definition) is 8. The normalized spacial score (nSPS) is 11.9. The number of fused-ring (bicyclic) bond motifs is 1. The van der Waals surface area contributed by atoms with Gasteiger partial charge in [-0.2, -0.15) is 0 Å². The fourth-order valence-corrected chi connectivity index (χ4v) is 4.34. The van der Waals surface area contributed by atoms with E-state index < -0.39 is 5.97 Å². The summed E-state index contributed by atoms with van der Waals surface area (Å²) in [7, 11) is 1.65. The SMILES string of the molecule is Cc1nc(NC(C)c2cccc(-c3cnc(N(C)CC(=O)O)nc3)c2)cc(-c2ccc3occ(C)c3c2)n1. The van der Waals surface area contributed by atoms with Gasteiger partial charge in [-0.15, -0.1) is 0 Å². The van der Waals surface area contributed by atoms with Crippen molar-refractivity contribution in [2.24, 2.45) is 0 Å². The summed E-state index contributed by atoms with van der Waals surface area (Å²) in [6.07, 6.45) is 5.17. The van der Waals surface area contributed by atoms with Gasteiger partial charge in [0.25, 0.3) is 0 Å². The van der Waals surface area contributed by atoms with Crippen molar-refractivity contribution >= 4 is 28.7 Å². The number of carbonyl (C=O) groups is 1. The van der Waals surface area contributed by atoms with Crippen LogP contribution in [0.5, 0.6) is 0 Å². The van der Waals surface area contributed by atoms with Gasteiger partial charge in [0.05, 0.1) is 12.0 Å². The van der Waals surface area contributed by atoms with Crippen LogP contribution in [0.15, 0.2) is 71.6 Å². The number of aromatic nitrogens is 4. The van der Waals surface area contributed by atoms with Crippen molar-refractivity contribution in [3.8, 4) is 22.4 Å². The van der Waals surface area contributed by atoms with Crippen LogP contribution in [0.3, 0.4) is 0 Å². The predicted molar refractivity (Wildman–Crippen MR) is 147 cm³/mol. The summed E-state index contributed by atoms with van der Waals surface area (Å²) in [4.78, 5) is 30.4. The minimum atomic E-state index is -0.936. The standard InChI is InChI=1S/C29H28N6O3/c1-17-16-38-26-9-8-22(11-24(17)26)25-12-27(34-19(3)33-25)32-18(2)20-6-5-7-21(10-20)23-13-30-29(31-14-23)35(4)15-28(36)37/h5-14,16,18H,15H2,1-4H3,(H,36,37)(H,32,33,34). The molecule has 9 nitrogen and oxygen atoms in total. The molecule has 0 fully saturated rings. The van der Waals surface area contributed by atoms with E-state index in [1.54, 1.807) is 25.7 Å². The Hall–Kier alpha value is -4.79. The van der Waals surface area contributed by atoms with Gasteiger partial charge in [-0.1, -0.05) is 18.2 Å². The molecule has 5 aromatic rings. The van der Waals surface area contributed by atoms with E-state index in [1.165, 1.54) is 4.90 Å². The molecule has 3 aromatic heterocycles. The Labute approximate surface area is 220 Å². The predicted octanol–water partition coefficient (Wildman–Crippen LogP) is 5.66. The number of anilines is 2. The average molecular weight is 509 g/mol. The topological polar surface area (TPSA) is 117 Å². The minimum Gasteiger partial charge on any atom is -0.480 e. The number of likely N-dealkylation sites (N-methyl/N-ethyl adjacent to an activating group) is 1. The molecule has 0 aliphatic carbocycles. The third-order valence-corrected chi connectivity index (χ3v) is 6.34. The van der Waals surface area contributed by atoms with E-state index in [4.69, 9.17) is 9.52 Å². The Bertz CT molecular complexity index is 1610. The molecule has 38 heavy (non-hydrogen) atoms. The first-order valence-corrected chi connectivity index (χ1v) is 12.2. The lowest BCUT2D eigenvalue weighted by molar-refractivity contribution is -0.135. The number of carboxylic acid groups (broad SMARTS) is 1. The molecule has 0 spiro atoms. The van der Waals surface area contributed by atoms with E-state index in [1.807, 2.05) is 44.2 Å². The van der Waals surface area contributed by atoms with Crippen molar-refractivity contribution in [2.45, 2.75) is 26.8 Å². The first kappa shape index (κ1) is 24.9. The van der Waals surface area contributed by atoms with Crippen molar-refractivity contribution in [3.63, 3.8) is 0 Å².